The van der Waals surface area contributed by atoms with E-state index in [0.29, 0.717) is 21.2 Å². The first-order chi connectivity index (χ1) is 3.60. The van der Waals surface area contributed by atoms with Gasteiger partial charge in [0.2, 0.25) is 0 Å². The van der Waals surface area contributed by atoms with E-state index in [1.54, 1.807) is 0 Å². The fourth-order valence-corrected chi connectivity index (χ4v) is 5.28. The zero-order chi connectivity index (χ0) is 6.20. The van der Waals surface area contributed by atoms with E-state index >= 15 is 0 Å². The Kier molecular flexibility index (Phi) is 1.85. The van der Waals surface area contributed by atoms with E-state index in [1.165, 1.54) is 12.8 Å². The van der Waals surface area contributed by atoms with Crippen LogP contribution in [-0.4, -0.2) is 7.35 Å². The third-order valence-corrected chi connectivity index (χ3v) is 5.53. The molecule has 50 valence electrons. The molecule has 1 heteroatoms. The molecule has 0 spiro atoms. The van der Waals surface area contributed by atoms with Crippen LogP contribution in [0.2, 0.25) is 0 Å². The normalized spacial score (nSPS) is 36.6. The van der Waals surface area contributed by atoms with Gasteiger partial charge in [-0.3, -0.25) is 0 Å². The number of hydrogen-bond donors (Lipinski definition) is 0. The molecule has 0 amide bonds. The Morgan fingerprint density at radius 1 is 1.50 bits per heavy atom. The zero-order valence-electron chi connectivity index (χ0n) is 5.87. The average molecular weight is 225 g/mol. The second-order valence-corrected chi connectivity index (χ2v) is 8.82. The number of halogens is 1. The standard InChI is InChI=1S/C7H14I/c1-6-4-5-7(2,3)8-6/h6H,4-5H2,1-3H3/q-1. The summed E-state index contributed by atoms with van der Waals surface area (Å²) in [7, 11) is 0. The minimum atomic E-state index is 0.533. The summed E-state index contributed by atoms with van der Waals surface area (Å²) in [6, 6.07) is 0. The zero-order valence-corrected chi connectivity index (χ0v) is 8.03. The van der Waals surface area contributed by atoms with Crippen LogP contribution in [-0.2, 0) is 0 Å². The molecule has 0 aromatic heterocycles. The molecule has 1 aliphatic heterocycles. The van der Waals surface area contributed by atoms with Crippen LogP contribution >= 0.6 is 0 Å². The topological polar surface area (TPSA) is 0 Å². The van der Waals surface area contributed by atoms with Crippen LogP contribution in [0, 0.1) is 0 Å². The maximum absolute atomic E-state index is 2.42. The Balaban J connectivity index is 2.44. The summed E-state index contributed by atoms with van der Waals surface area (Å²) >= 11 is 0.533. The molecule has 0 aromatic carbocycles. The van der Waals surface area contributed by atoms with Crippen LogP contribution in [0.3, 0.4) is 0 Å². The van der Waals surface area contributed by atoms with E-state index in [4.69, 9.17) is 0 Å². The van der Waals surface area contributed by atoms with E-state index in [1.807, 2.05) is 0 Å². The summed E-state index contributed by atoms with van der Waals surface area (Å²) in [4.78, 5) is 0. The van der Waals surface area contributed by atoms with Crippen molar-refractivity contribution in [1.29, 1.82) is 0 Å². The van der Waals surface area contributed by atoms with Crippen LogP contribution in [0.5, 0.6) is 0 Å². The molecule has 0 radical (unpaired) electrons. The van der Waals surface area contributed by atoms with Gasteiger partial charge in [-0.15, -0.1) is 0 Å². The Morgan fingerprint density at radius 2 is 2.12 bits per heavy atom. The van der Waals surface area contributed by atoms with Gasteiger partial charge in [0, 0.05) is 0 Å². The monoisotopic (exact) mass is 225 g/mol. The van der Waals surface area contributed by atoms with Crippen LogP contribution < -0.4 is 21.2 Å². The SMILES string of the molecule is CC1CCC(C)(C)[I-]1. The first-order valence-corrected chi connectivity index (χ1v) is 5.57. The fraction of sp³-hybridized carbons (Fsp3) is 1.00. The molecule has 0 aliphatic carbocycles. The van der Waals surface area contributed by atoms with Crippen molar-refractivity contribution in [2.45, 2.75) is 41.0 Å². The van der Waals surface area contributed by atoms with Crippen LogP contribution in [0.15, 0.2) is 0 Å². The van der Waals surface area contributed by atoms with E-state index in [0.717, 1.165) is 7.35 Å². The van der Waals surface area contributed by atoms with Gasteiger partial charge in [0.1, 0.15) is 0 Å². The molecular formula is C7H14I-. The molecule has 1 fully saturated rings. The maximum atomic E-state index is 2.42. The van der Waals surface area contributed by atoms with Gasteiger partial charge in [0.05, 0.1) is 0 Å². The third kappa shape index (κ3) is 1.61. The van der Waals surface area contributed by atoms with Gasteiger partial charge in [0.15, 0.2) is 0 Å². The Morgan fingerprint density at radius 3 is 2.25 bits per heavy atom. The Labute approximate surface area is 62.3 Å². The van der Waals surface area contributed by atoms with E-state index in [2.05, 4.69) is 20.8 Å². The van der Waals surface area contributed by atoms with Gasteiger partial charge in [-0.1, -0.05) is 0 Å². The number of hydrogen-bond acceptors (Lipinski definition) is 0. The van der Waals surface area contributed by atoms with Crippen molar-refractivity contribution in [1.82, 2.24) is 0 Å². The van der Waals surface area contributed by atoms with Crippen molar-refractivity contribution in [2.75, 3.05) is 0 Å². The summed E-state index contributed by atoms with van der Waals surface area (Å²) < 4.78 is 1.88. The number of rotatable bonds is 0. The predicted octanol–water partition coefficient (Wildman–Crippen LogP) is -0.964. The quantitative estimate of drug-likeness (QED) is 0.368. The first-order valence-electron chi connectivity index (χ1n) is 3.25. The second-order valence-electron chi connectivity index (χ2n) is 3.15. The average Bonchev–Trinajstić information content (AvgIpc) is 1.82. The first kappa shape index (κ1) is 6.84. The summed E-state index contributed by atoms with van der Waals surface area (Å²) in [5.74, 6) is 0. The summed E-state index contributed by atoms with van der Waals surface area (Å²) in [6.07, 6.45) is 2.99. The molecule has 1 rings (SSSR count). The van der Waals surface area contributed by atoms with Gasteiger partial charge in [-0.25, -0.2) is 0 Å². The van der Waals surface area contributed by atoms with Gasteiger partial charge < -0.3 is 0 Å². The van der Waals surface area contributed by atoms with E-state index < -0.39 is 0 Å². The summed E-state index contributed by atoms with van der Waals surface area (Å²) in [6.45, 7) is 7.25. The minimum absolute atomic E-state index is 0.533. The van der Waals surface area contributed by atoms with Gasteiger partial charge >= 0.3 is 62.2 Å². The molecule has 0 nitrogen and oxygen atoms in total. The van der Waals surface area contributed by atoms with Crippen molar-refractivity contribution < 1.29 is 21.2 Å². The van der Waals surface area contributed by atoms with Crippen LogP contribution in [0.1, 0.15) is 33.6 Å². The fourth-order valence-electron chi connectivity index (χ4n) is 1.16. The van der Waals surface area contributed by atoms with Gasteiger partial charge in [-0.2, -0.15) is 0 Å². The molecule has 1 heterocycles. The number of alkyl halides is 2. The predicted molar refractivity (Wildman–Crippen MR) is 32.8 cm³/mol. The van der Waals surface area contributed by atoms with E-state index in [9.17, 15) is 0 Å². The Hall–Kier alpha value is 0.730. The van der Waals surface area contributed by atoms with E-state index in [-0.39, 0.29) is 0 Å². The molecule has 1 aliphatic rings. The van der Waals surface area contributed by atoms with Crippen molar-refractivity contribution in [2.24, 2.45) is 0 Å². The molecule has 0 N–H and O–H groups in total. The van der Waals surface area contributed by atoms with Gasteiger partial charge in [-0.05, 0) is 0 Å². The van der Waals surface area contributed by atoms with Crippen molar-refractivity contribution in [3.63, 3.8) is 0 Å². The van der Waals surface area contributed by atoms with Crippen molar-refractivity contribution in [3.05, 3.63) is 0 Å². The molecule has 1 unspecified atom stereocenters. The van der Waals surface area contributed by atoms with Crippen LogP contribution in [0.4, 0.5) is 0 Å². The molecule has 1 saturated heterocycles. The van der Waals surface area contributed by atoms with Gasteiger partial charge in [0.25, 0.3) is 0 Å². The molecule has 8 heavy (non-hydrogen) atoms. The molecule has 0 aromatic rings. The third-order valence-electron chi connectivity index (χ3n) is 1.62. The molecule has 0 bridgehead atoms. The summed E-state index contributed by atoms with van der Waals surface area (Å²) in [5, 5.41) is 0. The molecule has 0 saturated carbocycles. The van der Waals surface area contributed by atoms with Crippen molar-refractivity contribution in [3.8, 4) is 0 Å². The second kappa shape index (κ2) is 2.16. The summed E-state index contributed by atoms with van der Waals surface area (Å²) in [5.41, 5.74) is 0. The molecule has 1 atom stereocenters. The van der Waals surface area contributed by atoms with Crippen molar-refractivity contribution >= 4 is 0 Å². The van der Waals surface area contributed by atoms with Crippen LogP contribution in [0.25, 0.3) is 0 Å². The Bertz CT molecular complexity index is 86.4. The molecular weight excluding hydrogens is 211 g/mol.